The molecule has 1 heterocycles. The number of hydrogen-bond donors (Lipinski definition) is 2. The van der Waals surface area contributed by atoms with Crippen molar-refractivity contribution in [3.8, 4) is 0 Å². The predicted molar refractivity (Wildman–Crippen MR) is 98.8 cm³/mol. The fourth-order valence-corrected chi connectivity index (χ4v) is 2.77. The van der Waals surface area contributed by atoms with E-state index in [1.807, 2.05) is 20.8 Å². The minimum Gasteiger partial charge on any atom is -0.355 e. The molecule has 136 valence electrons. The highest BCUT2D eigenvalue weighted by Gasteiger charge is 2.24. The number of hydrogen-bond acceptors (Lipinski definition) is 3. The lowest BCUT2D eigenvalue weighted by molar-refractivity contribution is -0.128. The van der Waals surface area contributed by atoms with E-state index in [0.717, 1.165) is 6.42 Å². The summed E-state index contributed by atoms with van der Waals surface area (Å²) in [6.07, 6.45) is 1.54. The van der Waals surface area contributed by atoms with Gasteiger partial charge in [0.2, 0.25) is 17.7 Å². The van der Waals surface area contributed by atoms with E-state index in [2.05, 4.69) is 10.6 Å². The molecule has 25 heavy (non-hydrogen) atoms. The third-order valence-corrected chi connectivity index (χ3v) is 4.22. The summed E-state index contributed by atoms with van der Waals surface area (Å²) in [4.78, 5) is 37.2. The minimum atomic E-state index is -0.479. The lowest BCUT2D eigenvalue weighted by Gasteiger charge is -2.18. The number of amides is 3. The van der Waals surface area contributed by atoms with Crippen molar-refractivity contribution in [2.45, 2.75) is 40.0 Å². The maximum Gasteiger partial charge on any atom is 0.227 e. The SMILES string of the molecule is CC(C)(C)C(=O)NCCC(=O)Nc1ccc(N2CCCC2=O)c(Cl)c1. The van der Waals surface area contributed by atoms with Gasteiger partial charge in [0.1, 0.15) is 0 Å². The number of halogens is 1. The predicted octanol–water partition coefficient (Wildman–Crippen LogP) is 2.96. The normalized spacial score (nSPS) is 14.6. The Kier molecular flexibility index (Phi) is 6.06. The molecule has 1 aromatic carbocycles. The average Bonchev–Trinajstić information content (AvgIpc) is 2.92. The first-order valence-corrected chi connectivity index (χ1v) is 8.74. The molecule has 2 rings (SSSR count). The molecular formula is C18H24ClN3O3. The van der Waals surface area contributed by atoms with E-state index in [-0.39, 0.29) is 30.7 Å². The molecule has 0 aliphatic carbocycles. The van der Waals surface area contributed by atoms with E-state index in [9.17, 15) is 14.4 Å². The molecular weight excluding hydrogens is 342 g/mol. The van der Waals surface area contributed by atoms with Gasteiger partial charge in [-0.2, -0.15) is 0 Å². The first kappa shape index (κ1) is 19.2. The quantitative estimate of drug-likeness (QED) is 0.842. The molecule has 1 aliphatic heterocycles. The van der Waals surface area contributed by atoms with Crippen LogP contribution < -0.4 is 15.5 Å². The summed E-state index contributed by atoms with van der Waals surface area (Å²) >= 11 is 6.25. The van der Waals surface area contributed by atoms with Crippen molar-refractivity contribution in [3.05, 3.63) is 23.2 Å². The zero-order valence-corrected chi connectivity index (χ0v) is 15.6. The van der Waals surface area contributed by atoms with Crippen LogP contribution in [0, 0.1) is 5.41 Å². The molecule has 0 spiro atoms. The summed E-state index contributed by atoms with van der Waals surface area (Å²) in [5.74, 6) is -0.244. The molecule has 0 radical (unpaired) electrons. The Morgan fingerprint density at radius 2 is 2.00 bits per heavy atom. The van der Waals surface area contributed by atoms with Gasteiger partial charge in [0.15, 0.2) is 0 Å². The van der Waals surface area contributed by atoms with Crippen LogP contribution in [0.3, 0.4) is 0 Å². The van der Waals surface area contributed by atoms with Gasteiger partial charge in [-0.3, -0.25) is 14.4 Å². The fraction of sp³-hybridized carbons (Fsp3) is 0.500. The molecule has 0 bridgehead atoms. The molecule has 1 aliphatic rings. The second-order valence-electron chi connectivity index (χ2n) is 7.12. The molecule has 0 aromatic heterocycles. The summed E-state index contributed by atoms with van der Waals surface area (Å²) in [6.45, 7) is 6.39. The smallest absolute Gasteiger partial charge is 0.227 e. The number of carbonyl (C=O) groups is 3. The second-order valence-corrected chi connectivity index (χ2v) is 7.53. The highest BCUT2D eigenvalue weighted by atomic mass is 35.5. The van der Waals surface area contributed by atoms with Crippen molar-refractivity contribution < 1.29 is 14.4 Å². The largest absolute Gasteiger partial charge is 0.355 e. The van der Waals surface area contributed by atoms with Crippen LogP contribution in [0.2, 0.25) is 5.02 Å². The van der Waals surface area contributed by atoms with Gasteiger partial charge in [0, 0.05) is 37.0 Å². The molecule has 6 nitrogen and oxygen atoms in total. The van der Waals surface area contributed by atoms with Crippen molar-refractivity contribution in [1.29, 1.82) is 0 Å². The van der Waals surface area contributed by atoms with Gasteiger partial charge in [0.25, 0.3) is 0 Å². The first-order valence-electron chi connectivity index (χ1n) is 8.36. The summed E-state index contributed by atoms with van der Waals surface area (Å²) < 4.78 is 0. The van der Waals surface area contributed by atoms with Crippen LogP contribution in [0.15, 0.2) is 18.2 Å². The maximum atomic E-state index is 12.0. The zero-order valence-electron chi connectivity index (χ0n) is 14.8. The Morgan fingerprint density at radius 3 is 2.56 bits per heavy atom. The lowest BCUT2D eigenvalue weighted by atomic mass is 9.96. The van der Waals surface area contributed by atoms with Crippen molar-refractivity contribution in [2.24, 2.45) is 5.41 Å². The third-order valence-electron chi connectivity index (χ3n) is 3.91. The number of benzene rings is 1. The Morgan fingerprint density at radius 1 is 1.28 bits per heavy atom. The van der Waals surface area contributed by atoms with E-state index in [1.54, 1.807) is 23.1 Å². The van der Waals surface area contributed by atoms with Crippen molar-refractivity contribution in [3.63, 3.8) is 0 Å². The third kappa shape index (κ3) is 5.19. The van der Waals surface area contributed by atoms with Crippen molar-refractivity contribution >= 4 is 40.7 Å². The van der Waals surface area contributed by atoms with Gasteiger partial charge in [-0.05, 0) is 24.6 Å². The Hall–Kier alpha value is -2.08. The number of rotatable bonds is 5. The summed E-state index contributed by atoms with van der Waals surface area (Å²) in [6, 6.07) is 5.09. The van der Waals surface area contributed by atoms with Crippen LogP contribution in [-0.4, -0.2) is 30.8 Å². The lowest BCUT2D eigenvalue weighted by Crippen LogP contribution is -2.36. The zero-order chi connectivity index (χ0) is 18.6. The minimum absolute atomic E-state index is 0.0632. The Bertz CT molecular complexity index is 683. The topological polar surface area (TPSA) is 78.5 Å². The number of carbonyl (C=O) groups excluding carboxylic acids is 3. The van der Waals surface area contributed by atoms with Crippen LogP contribution in [0.1, 0.15) is 40.0 Å². The van der Waals surface area contributed by atoms with Gasteiger partial charge in [-0.25, -0.2) is 0 Å². The molecule has 1 saturated heterocycles. The molecule has 7 heteroatoms. The van der Waals surface area contributed by atoms with Crippen molar-refractivity contribution in [1.82, 2.24) is 5.32 Å². The second kappa shape index (κ2) is 7.87. The van der Waals surface area contributed by atoms with Crippen LogP contribution >= 0.6 is 11.6 Å². The van der Waals surface area contributed by atoms with E-state index in [1.165, 1.54) is 0 Å². The number of nitrogens with zero attached hydrogens (tertiary/aromatic N) is 1. The molecule has 0 saturated carbocycles. The Balaban J connectivity index is 1.88. The van der Waals surface area contributed by atoms with Gasteiger partial charge in [0.05, 0.1) is 10.7 Å². The summed E-state index contributed by atoms with van der Waals surface area (Å²) in [5.41, 5.74) is 0.750. The van der Waals surface area contributed by atoms with Crippen LogP contribution in [0.5, 0.6) is 0 Å². The summed E-state index contributed by atoms with van der Waals surface area (Å²) in [5, 5.41) is 5.90. The fourth-order valence-electron chi connectivity index (χ4n) is 2.48. The van der Waals surface area contributed by atoms with E-state index in [4.69, 9.17) is 11.6 Å². The van der Waals surface area contributed by atoms with Gasteiger partial charge in [-0.15, -0.1) is 0 Å². The molecule has 1 fully saturated rings. The van der Waals surface area contributed by atoms with Crippen molar-refractivity contribution in [2.75, 3.05) is 23.3 Å². The molecule has 1 aromatic rings. The van der Waals surface area contributed by atoms with E-state index >= 15 is 0 Å². The van der Waals surface area contributed by atoms with Gasteiger partial charge >= 0.3 is 0 Å². The Labute approximate surface area is 152 Å². The highest BCUT2D eigenvalue weighted by Crippen LogP contribution is 2.31. The van der Waals surface area contributed by atoms with Crippen LogP contribution in [0.25, 0.3) is 0 Å². The monoisotopic (exact) mass is 365 g/mol. The molecule has 0 unspecified atom stereocenters. The standard InChI is InChI=1S/C18H24ClN3O3/c1-18(2,3)17(25)20-9-8-15(23)21-12-6-7-14(13(19)11-12)22-10-4-5-16(22)24/h6-7,11H,4-5,8-10H2,1-3H3,(H,20,25)(H,21,23). The number of anilines is 2. The summed E-state index contributed by atoms with van der Waals surface area (Å²) in [7, 11) is 0. The number of nitrogens with one attached hydrogen (secondary N) is 2. The maximum absolute atomic E-state index is 12.0. The van der Waals surface area contributed by atoms with E-state index in [0.29, 0.717) is 29.4 Å². The molecule has 2 N–H and O–H groups in total. The van der Waals surface area contributed by atoms with E-state index < -0.39 is 5.41 Å². The first-order chi connectivity index (χ1) is 11.7. The van der Waals surface area contributed by atoms with Gasteiger partial charge in [-0.1, -0.05) is 32.4 Å². The van der Waals surface area contributed by atoms with Crippen LogP contribution in [0.4, 0.5) is 11.4 Å². The molecule has 0 atom stereocenters. The highest BCUT2D eigenvalue weighted by molar-refractivity contribution is 6.34. The van der Waals surface area contributed by atoms with Crippen LogP contribution in [-0.2, 0) is 14.4 Å². The average molecular weight is 366 g/mol. The van der Waals surface area contributed by atoms with Gasteiger partial charge < -0.3 is 15.5 Å². The molecule has 3 amide bonds.